The van der Waals surface area contributed by atoms with Crippen LogP contribution in [0, 0.1) is 10.1 Å². The van der Waals surface area contributed by atoms with E-state index in [0.29, 0.717) is 5.82 Å². The van der Waals surface area contributed by atoms with Gasteiger partial charge in [-0.2, -0.15) is 5.10 Å². The molecule has 0 bridgehead atoms. The number of aromatic hydroxyl groups is 1. The van der Waals surface area contributed by atoms with Gasteiger partial charge in [0.15, 0.2) is 0 Å². The fourth-order valence-electron chi connectivity index (χ4n) is 2.10. The van der Waals surface area contributed by atoms with Crippen LogP contribution in [0.5, 0.6) is 5.75 Å². The Balaban J connectivity index is 1.80. The zero-order valence-electron chi connectivity index (χ0n) is 11.9. The van der Waals surface area contributed by atoms with E-state index in [1.165, 1.54) is 24.4 Å². The number of nitro benzene ring substituents is 1. The summed E-state index contributed by atoms with van der Waals surface area (Å²) in [7, 11) is 0. The van der Waals surface area contributed by atoms with Gasteiger partial charge in [0.2, 0.25) is 5.75 Å². The number of aromatic nitrogens is 1. The first-order chi connectivity index (χ1) is 11.1. The highest BCUT2D eigenvalue weighted by Gasteiger charge is 2.14. The van der Waals surface area contributed by atoms with Crippen LogP contribution in [0.25, 0.3) is 10.9 Å². The summed E-state index contributed by atoms with van der Waals surface area (Å²) in [6.45, 7) is 0. The van der Waals surface area contributed by atoms with Crippen molar-refractivity contribution in [2.75, 3.05) is 5.43 Å². The Hall–Kier alpha value is -3.48. The average molecular weight is 308 g/mol. The summed E-state index contributed by atoms with van der Waals surface area (Å²) in [6, 6.07) is 15.6. The van der Waals surface area contributed by atoms with E-state index in [9.17, 15) is 15.2 Å². The van der Waals surface area contributed by atoms with Crippen LogP contribution < -0.4 is 5.43 Å². The van der Waals surface area contributed by atoms with E-state index in [1.807, 2.05) is 30.3 Å². The van der Waals surface area contributed by atoms with Crippen molar-refractivity contribution < 1.29 is 10.0 Å². The zero-order chi connectivity index (χ0) is 16.2. The van der Waals surface area contributed by atoms with Gasteiger partial charge in [0, 0.05) is 17.0 Å². The molecule has 0 radical (unpaired) electrons. The highest BCUT2D eigenvalue weighted by molar-refractivity contribution is 5.86. The van der Waals surface area contributed by atoms with Gasteiger partial charge in [-0.05, 0) is 24.3 Å². The van der Waals surface area contributed by atoms with Crippen molar-refractivity contribution in [2.24, 2.45) is 5.10 Å². The maximum absolute atomic E-state index is 10.8. The monoisotopic (exact) mass is 308 g/mol. The molecule has 2 aromatic carbocycles. The van der Waals surface area contributed by atoms with Crippen LogP contribution in [0.3, 0.4) is 0 Å². The quantitative estimate of drug-likeness (QED) is 0.437. The molecule has 0 saturated carbocycles. The second-order valence-electron chi connectivity index (χ2n) is 4.73. The molecule has 2 N–H and O–H groups in total. The Morgan fingerprint density at radius 1 is 1.13 bits per heavy atom. The molecule has 0 aliphatic heterocycles. The molecule has 0 unspecified atom stereocenters. The molecule has 0 amide bonds. The van der Waals surface area contributed by atoms with E-state index < -0.39 is 10.7 Å². The molecule has 3 aromatic rings. The molecule has 0 saturated heterocycles. The van der Waals surface area contributed by atoms with Crippen molar-refractivity contribution in [3.63, 3.8) is 0 Å². The molecule has 23 heavy (non-hydrogen) atoms. The van der Waals surface area contributed by atoms with Gasteiger partial charge >= 0.3 is 5.69 Å². The molecule has 1 heterocycles. The van der Waals surface area contributed by atoms with Crippen molar-refractivity contribution in [3.05, 3.63) is 70.3 Å². The normalized spacial score (nSPS) is 11.0. The number of nitrogens with one attached hydrogen (secondary N) is 1. The number of pyridine rings is 1. The van der Waals surface area contributed by atoms with E-state index >= 15 is 0 Å². The lowest BCUT2D eigenvalue weighted by Crippen LogP contribution is -1.95. The molecule has 7 nitrogen and oxygen atoms in total. The lowest BCUT2D eigenvalue weighted by Gasteiger charge is -2.02. The predicted molar refractivity (Wildman–Crippen MR) is 87.7 cm³/mol. The first kappa shape index (κ1) is 14.5. The Labute approximate surface area is 131 Å². The number of nitro groups is 1. The topological polar surface area (TPSA) is 101 Å². The third kappa shape index (κ3) is 3.08. The molecular weight excluding hydrogens is 296 g/mol. The highest BCUT2D eigenvalue weighted by Crippen LogP contribution is 2.28. The van der Waals surface area contributed by atoms with Crippen LogP contribution in [-0.2, 0) is 0 Å². The summed E-state index contributed by atoms with van der Waals surface area (Å²) >= 11 is 0. The second-order valence-corrected chi connectivity index (χ2v) is 4.73. The first-order valence-corrected chi connectivity index (χ1v) is 6.76. The maximum atomic E-state index is 10.8. The standard InChI is InChI=1S/C16H12N4O3/c21-16-12(5-3-7-14(16)20(22)23)10-17-19-15-9-8-11-4-1-2-6-13(11)18-15/h1-10,21H,(H,18,19). The van der Waals surface area contributed by atoms with E-state index in [0.717, 1.165) is 10.9 Å². The molecule has 1 aromatic heterocycles. The van der Waals surface area contributed by atoms with Gasteiger partial charge in [0.05, 0.1) is 16.7 Å². The molecule has 0 atom stereocenters. The molecule has 3 rings (SSSR count). The van der Waals surface area contributed by atoms with Gasteiger partial charge in [-0.15, -0.1) is 0 Å². The molecule has 0 aliphatic carbocycles. The lowest BCUT2D eigenvalue weighted by atomic mass is 10.2. The predicted octanol–water partition coefficient (Wildman–Crippen LogP) is 3.29. The van der Waals surface area contributed by atoms with Crippen molar-refractivity contribution in [3.8, 4) is 5.75 Å². The number of rotatable bonds is 4. The van der Waals surface area contributed by atoms with Crippen LogP contribution in [0.1, 0.15) is 5.56 Å². The van der Waals surface area contributed by atoms with Crippen LogP contribution >= 0.6 is 0 Å². The minimum absolute atomic E-state index is 0.243. The number of benzene rings is 2. The first-order valence-electron chi connectivity index (χ1n) is 6.76. The number of phenolic OH excluding ortho intramolecular Hbond substituents is 1. The molecule has 114 valence electrons. The van der Waals surface area contributed by atoms with E-state index in [4.69, 9.17) is 0 Å². The number of para-hydroxylation sites is 2. The second kappa shape index (κ2) is 6.10. The number of phenols is 1. The zero-order valence-corrected chi connectivity index (χ0v) is 11.9. The number of hydrazone groups is 1. The van der Waals surface area contributed by atoms with Crippen molar-refractivity contribution in [1.82, 2.24) is 4.98 Å². The molecule has 0 fully saturated rings. The Bertz CT molecular complexity index is 909. The number of nitrogens with zero attached hydrogens (tertiary/aromatic N) is 3. The minimum Gasteiger partial charge on any atom is -0.502 e. The maximum Gasteiger partial charge on any atom is 0.311 e. The summed E-state index contributed by atoms with van der Waals surface area (Å²) in [6.07, 6.45) is 1.30. The molecule has 7 heteroatoms. The molecule has 0 aliphatic rings. The fourth-order valence-corrected chi connectivity index (χ4v) is 2.10. The highest BCUT2D eigenvalue weighted by atomic mass is 16.6. The summed E-state index contributed by atoms with van der Waals surface area (Å²) < 4.78 is 0. The van der Waals surface area contributed by atoms with Crippen molar-refractivity contribution in [2.45, 2.75) is 0 Å². The van der Waals surface area contributed by atoms with Gasteiger partial charge in [0.25, 0.3) is 0 Å². The van der Waals surface area contributed by atoms with Crippen LogP contribution in [0.2, 0.25) is 0 Å². The number of fused-ring (bicyclic) bond motifs is 1. The average Bonchev–Trinajstić information content (AvgIpc) is 2.56. The Morgan fingerprint density at radius 2 is 1.96 bits per heavy atom. The number of hydrogen-bond acceptors (Lipinski definition) is 6. The third-order valence-corrected chi connectivity index (χ3v) is 3.22. The van der Waals surface area contributed by atoms with Gasteiger partial charge in [0.1, 0.15) is 5.82 Å². The minimum atomic E-state index is -0.648. The lowest BCUT2D eigenvalue weighted by molar-refractivity contribution is -0.385. The third-order valence-electron chi connectivity index (χ3n) is 3.22. The summed E-state index contributed by atoms with van der Waals surface area (Å²) in [5, 5.41) is 25.6. The van der Waals surface area contributed by atoms with Crippen molar-refractivity contribution >= 4 is 28.6 Å². The molecular formula is C16H12N4O3. The largest absolute Gasteiger partial charge is 0.502 e. The van der Waals surface area contributed by atoms with E-state index in [-0.39, 0.29) is 11.3 Å². The van der Waals surface area contributed by atoms with Crippen LogP contribution in [0.4, 0.5) is 11.5 Å². The Morgan fingerprint density at radius 3 is 2.78 bits per heavy atom. The molecule has 0 spiro atoms. The van der Waals surface area contributed by atoms with Gasteiger partial charge in [-0.1, -0.05) is 24.3 Å². The van der Waals surface area contributed by atoms with Crippen molar-refractivity contribution in [1.29, 1.82) is 0 Å². The van der Waals surface area contributed by atoms with Crippen LogP contribution in [-0.4, -0.2) is 21.2 Å². The smallest absolute Gasteiger partial charge is 0.311 e. The summed E-state index contributed by atoms with van der Waals surface area (Å²) in [4.78, 5) is 14.5. The van der Waals surface area contributed by atoms with Gasteiger partial charge < -0.3 is 5.11 Å². The van der Waals surface area contributed by atoms with E-state index in [1.54, 1.807) is 6.07 Å². The fraction of sp³-hybridized carbons (Fsp3) is 0. The van der Waals surface area contributed by atoms with Gasteiger partial charge in [-0.3, -0.25) is 15.5 Å². The van der Waals surface area contributed by atoms with E-state index in [2.05, 4.69) is 15.5 Å². The number of hydrogen-bond donors (Lipinski definition) is 2. The van der Waals surface area contributed by atoms with Crippen LogP contribution in [0.15, 0.2) is 59.7 Å². The number of anilines is 1. The summed E-state index contributed by atoms with van der Waals surface area (Å²) in [5.41, 5.74) is 3.44. The SMILES string of the molecule is O=[N+]([O-])c1cccc(C=NNc2ccc3ccccc3n2)c1O. The van der Waals surface area contributed by atoms with Gasteiger partial charge in [-0.25, -0.2) is 4.98 Å². The Kier molecular flexibility index (Phi) is 3.84. The summed E-state index contributed by atoms with van der Waals surface area (Å²) in [5.74, 6) is 0.111.